The van der Waals surface area contributed by atoms with Crippen molar-refractivity contribution in [1.82, 2.24) is 9.13 Å². The van der Waals surface area contributed by atoms with Crippen LogP contribution in [0.15, 0.2) is 115 Å². The summed E-state index contributed by atoms with van der Waals surface area (Å²) in [5.74, 6) is 0. The van der Waals surface area contributed by atoms with Crippen LogP contribution in [0, 0.1) is 0 Å². The van der Waals surface area contributed by atoms with Gasteiger partial charge in [0.05, 0.1) is 5.52 Å². The van der Waals surface area contributed by atoms with E-state index < -0.39 is 0 Å². The Kier molecular flexibility index (Phi) is 5.18. The minimum Gasteiger partial charge on any atom is -0.340 e. The first-order valence-electron chi connectivity index (χ1n) is 16.5. The zero-order valence-electron chi connectivity index (χ0n) is 25.8. The predicted molar refractivity (Wildman–Crippen MR) is 189 cm³/mol. The third kappa shape index (κ3) is 3.40. The van der Waals surface area contributed by atoms with Gasteiger partial charge >= 0.3 is 0 Å². The largest absolute Gasteiger partial charge is 0.340 e. The number of fused-ring (bicyclic) bond motifs is 13. The molecule has 0 aliphatic heterocycles. The van der Waals surface area contributed by atoms with E-state index in [4.69, 9.17) is 0 Å². The summed E-state index contributed by atoms with van der Waals surface area (Å²) < 4.78 is 5.21. The molecule has 2 aliphatic carbocycles. The maximum absolute atomic E-state index is 2.64. The monoisotopic (exact) mass is 578 g/mol. The second kappa shape index (κ2) is 9.22. The molecular weight excluding hydrogens is 544 g/mol. The van der Waals surface area contributed by atoms with E-state index in [0.29, 0.717) is 0 Å². The third-order valence-corrected chi connectivity index (χ3v) is 10.8. The van der Waals surface area contributed by atoms with Crippen LogP contribution in [0.2, 0.25) is 0 Å². The van der Waals surface area contributed by atoms with Gasteiger partial charge in [-0.2, -0.15) is 0 Å². The smallest absolute Gasteiger partial charge is 0.0576 e. The van der Waals surface area contributed by atoms with Gasteiger partial charge in [0.2, 0.25) is 0 Å². The van der Waals surface area contributed by atoms with E-state index >= 15 is 0 Å². The molecule has 2 nitrogen and oxygen atoms in total. The number of aryl methyl sites for hydroxylation is 1. The summed E-state index contributed by atoms with van der Waals surface area (Å²) in [5, 5.41) is 5.53. The number of aromatic nitrogens is 2. The van der Waals surface area contributed by atoms with Gasteiger partial charge in [-0.15, -0.1) is 0 Å². The van der Waals surface area contributed by atoms with Crippen LogP contribution >= 0.6 is 0 Å². The summed E-state index contributed by atoms with van der Waals surface area (Å²) >= 11 is 0. The molecule has 8 aromatic rings. The molecule has 45 heavy (non-hydrogen) atoms. The molecule has 0 spiro atoms. The van der Waals surface area contributed by atoms with Crippen molar-refractivity contribution >= 4 is 43.6 Å². The molecule has 1 atom stereocenters. The molecular formula is C43H34N2. The highest BCUT2D eigenvalue weighted by Crippen LogP contribution is 2.47. The van der Waals surface area contributed by atoms with Gasteiger partial charge < -0.3 is 9.13 Å². The summed E-state index contributed by atoms with van der Waals surface area (Å²) in [7, 11) is 0. The van der Waals surface area contributed by atoms with Crippen molar-refractivity contribution in [3.8, 4) is 22.3 Å². The van der Waals surface area contributed by atoms with Crippen LogP contribution in [0.3, 0.4) is 0 Å². The Morgan fingerprint density at radius 3 is 2.07 bits per heavy atom. The lowest BCUT2D eigenvalue weighted by Gasteiger charge is -2.20. The minimum atomic E-state index is 0.281. The molecule has 216 valence electrons. The second-order valence-electron chi connectivity index (χ2n) is 13.2. The normalized spacial score (nSPS) is 13.9. The van der Waals surface area contributed by atoms with Crippen molar-refractivity contribution in [1.29, 1.82) is 0 Å². The quantitative estimate of drug-likeness (QED) is 0.197. The molecule has 0 saturated heterocycles. The third-order valence-electron chi connectivity index (χ3n) is 10.8. The molecule has 2 heterocycles. The summed E-state index contributed by atoms with van der Waals surface area (Å²) in [6, 6.07) is 43.9. The van der Waals surface area contributed by atoms with Crippen molar-refractivity contribution in [3.05, 3.63) is 143 Å². The maximum atomic E-state index is 2.64. The standard InChI is InChI=1S/C43H34N2/c1-3-44-38-18-10-9-17-35(38)42-30(23-31-22-28-13-5-7-15-33(28)41(31)43(42)44)20-26(2)45-39-19-11-8-16-34(39)37-25-36-29(24-40(37)45)21-27-12-4-6-14-32(27)36/h4-19,23-26H,3,20-22H2,1-2H3. The van der Waals surface area contributed by atoms with Gasteiger partial charge in [-0.05, 0) is 102 Å². The molecule has 0 radical (unpaired) electrons. The number of hydrogen-bond acceptors (Lipinski definition) is 0. The predicted octanol–water partition coefficient (Wildman–Crippen LogP) is 10.9. The van der Waals surface area contributed by atoms with Gasteiger partial charge in [-0.1, -0.05) is 91.0 Å². The first-order valence-corrected chi connectivity index (χ1v) is 16.5. The van der Waals surface area contributed by atoms with Crippen molar-refractivity contribution in [2.45, 2.75) is 45.7 Å². The lowest BCUT2D eigenvalue weighted by Crippen LogP contribution is -2.09. The van der Waals surface area contributed by atoms with Crippen molar-refractivity contribution in [2.24, 2.45) is 0 Å². The number of para-hydroxylation sites is 2. The van der Waals surface area contributed by atoms with E-state index in [9.17, 15) is 0 Å². The van der Waals surface area contributed by atoms with Gasteiger partial charge in [0, 0.05) is 56.2 Å². The Labute approximate surface area is 263 Å². The lowest BCUT2D eigenvalue weighted by molar-refractivity contribution is 0.580. The van der Waals surface area contributed by atoms with Crippen LogP contribution < -0.4 is 0 Å². The van der Waals surface area contributed by atoms with E-state index in [-0.39, 0.29) is 6.04 Å². The van der Waals surface area contributed by atoms with Crippen LogP contribution in [0.5, 0.6) is 0 Å². The van der Waals surface area contributed by atoms with E-state index in [1.54, 1.807) is 0 Å². The highest BCUT2D eigenvalue weighted by atomic mass is 15.0. The number of hydrogen-bond donors (Lipinski definition) is 0. The van der Waals surface area contributed by atoms with Crippen LogP contribution in [-0.4, -0.2) is 9.13 Å². The molecule has 0 fully saturated rings. The van der Waals surface area contributed by atoms with Crippen LogP contribution in [0.1, 0.15) is 47.7 Å². The minimum absolute atomic E-state index is 0.281. The second-order valence-corrected chi connectivity index (χ2v) is 13.2. The zero-order valence-corrected chi connectivity index (χ0v) is 25.8. The molecule has 0 bridgehead atoms. The van der Waals surface area contributed by atoms with E-state index in [1.165, 1.54) is 93.7 Å². The van der Waals surface area contributed by atoms with Crippen molar-refractivity contribution in [2.75, 3.05) is 0 Å². The lowest BCUT2D eigenvalue weighted by atomic mass is 9.93. The Balaban J connectivity index is 1.20. The summed E-state index contributed by atoms with van der Waals surface area (Å²) in [6.07, 6.45) is 3.00. The van der Waals surface area contributed by atoms with Crippen molar-refractivity contribution in [3.63, 3.8) is 0 Å². The first-order chi connectivity index (χ1) is 22.2. The molecule has 1 unspecified atom stereocenters. The molecule has 2 aromatic heterocycles. The number of benzene rings is 6. The Morgan fingerprint density at radius 1 is 0.578 bits per heavy atom. The molecule has 0 N–H and O–H groups in total. The topological polar surface area (TPSA) is 9.86 Å². The average Bonchev–Trinajstić information content (AvgIpc) is 3.80. The SMILES string of the molecule is CCn1c2ccccc2c2c(CC(C)n3c4ccccc4c4cc5c(cc43)Cc3ccccc3-5)cc3c(c21)-c1ccccc1C3. The fraction of sp³-hybridized carbons (Fsp3) is 0.163. The average molecular weight is 579 g/mol. The van der Waals surface area contributed by atoms with Gasteiger partial charge in [0.25, 0.3) is 0 Å². The highest BCUT2D eigenvalue weighted by Gasteiger charge is 2.28. The Bertz CT molecular complexity index is 2520. The number of rotatable bonds is 4. The molecule has 0 amide bonds. The van der Waals surface area contributed by atoms with E-state index in [1.807, 2.05) is 0 Å². The molecule has 0 saturated carbocycles. The van der Waals surface area contributed by atoms with Gasteiger partial charge in [-0.25, -0.2) is 0 Å². The molecule has 2 heteroatoms. The van der Waals surface area contributed by atoms with E-state index in [0.717, 1.165) is 25.8 Å². The fourth-order valence-electron chi connectivity index (χ4n) is 8.96. The highest BCUT2D eigenvalue weighted by molar-refractivity contribution is 6.16. The van der Waals surface area contributed by atoms with Crippen molar-refractivity contribution < 1.29 is 0 Å². The van der Waals surface area contributed by atoms with Gasteiger partial charge in [-0.3, -0.25) is 0 Å². The number of nitrogens with zero attached hydrogens (tertiary/aromatic N) is 2. The fourth-order valence-corrected chi connectivity index (χ4v) is 8.96. The molecule has 10 rings (SSSR count). The molecule has 6 aromatic carbocycles. The van der Waals surface area contributed by atoms with Gasteiger partial charge in [0.1, 0.15) is 0 Å². The summed E-state index contributed by atoms with van der Waals surface area (Å²) in [5.41, 5.74) is 18.4. The van der Waals surface area contributed by atoms with Gasteiger partial charge in [0.15, 0.2) is 0 Å². The summed E-state index contributed by atoms with van der Waals surface area (Å²) in [6.45, 7) is 5.68. The van der Waals surface area contributed by atoms with Crippen LogP contribution in [0.4, 0.5) is 0 Å². The van der Waals surface area contributed by atoms with E-state index in [2.05, 4.69) is 138 Å². The van der Waals surface area contributed by atoms with Crippen LogP contribution in [0.25, 0.3) is 65.9 Å². The summed E-state index contributed by atoms with van der Waals surface area (Å²) in [4.78, 5) is 0. The molecule has 2 aliphatic rings. The van der Waals surface area contributed by atoms with Crippen LogP contribution in [-0.2, 0) is 25.8 Å². The Hall–Kier alpha value is -5.08. The zero-order chi connectivity index (χ0) is 29.8. The Morgan fingerprint density at radius 2 is 1.24 bits per heavy atom. The first kappa shape index (κ1) is 25.3. The maximum Gasteiger partial charge on any atom is 0.0576 e.